The van der Waals surface area contributed by atoms with Crippen LogP contribution in [-0.4, -0.2) is 34.1 Å². The van der Waals surface area contributed by atoms with Gasteiger partial charge < -0.3 is 0 Å². The number of quaternary nitrogens is 1. The van der Waals surface area contributed by atoms with Crippen LogP contribution >= 0.6 is 0 Å². The lowest BCUT2D eigenvalue weighted by atomic mass is 10.2. The summed E-state index contributed by atoms with van der Waals surface area (Å²) in [7, 11) is 0. The first-order valence-corrected chi connectivity index (χ1v) is 5.38. The van der Waals surface area contributed by atoms with Gasteiger partial charge in [0.15, 0.2) is 5.69 Å². The van der Waals surface area contributed by atoms with Gasteiger partial charge in [0.05, 0.1) is 12.4 Å². The van der Waals surface area contributed by atoms with E-state index in [1.165, 1.54) is 30.7 Å². The second kappa shape index (κ2) is 4.25. The van der Waals surface area contributed by atoms with E-state index < -0.39 is 23.4 Å². The van der Waals surface area contributed by atoms with E-state index in [1.807, 2.05) is 0 Å². The van der Waals surface area contributed by atoms with Crippen LogP contribution in [0.15, 0.2) is 36.8 Å². The summed E-state index contributed by atoms with van der Waals surface area (Å²) in [4.78, 5) is 3.82. The van der Waals surface area contributed by atoms with E-state index in [1.54, 1.807) is 13.0 Å². The number of halogens is 3. The smallest absolute Gasteiger partial charge is 0.258 e. The third-order valence-corrected chi connectivity index (χ3v) is 3.05. The molecule has 0 fully saturated rings. The van der Waals surface area contributed by atoms with E-state index in [0.717, 1.165) is 0 Å². The molecule has 0 saturated heterocycles. The average molecular weight is 260 g/mol. The first kappa shape index (κ1) is 12.8. The van der Waals surface area contributed by atoms with Crippen molar-refractivity contribution in [2.75, 3.05) is 6.54 Å². The van der Waals surface area contributed by atoms with Crippen LogP contribution in [0.4, 0.5) is 18.9 Å². The van der Waals surface area contributed by atoms with Crippen molar-refractivity contribution in [2.24, 2.45) is 0 Å². The molecule has 2 atom stereocenters. The minimum absolute atomic E-state index is 0.287. The molecule has 7 heteroatoms. The Balaban J connectivity index is 2.48. The number of hydrogen-bond acceptors (Lipinski definition) is 3. The summed E-state index contributed by atoms with van der Waals surface area (Å²) in [5, 5.41) is 10.4. The number of hydrogen-bond donors (Lipinski definition) is 1. The van der Waals surface area contributed by atoms with Crippen molar-refractivity contribution in [3.8, 4) is 0 Å². The third kappa shape index (κ3) is 2.06. The number of nitrogens with zero attached hydrogens (tertiary/aromatic N) is 3. The SMILES string of the molecule is CC1C=CN(O)[N+]1(CC(F)(F)F)c1cccnc1. The zero-order valence-electron chi connectivity index (χ0n) is 9.67. The quantitative estimate of drug-likeness (QED) is 0.830. The van der Waals surface area contributed by atoms with Crippen LogP contribution in [0.5, 0.6) is 0 Å². The van der Waals surface area contributed by atoms with E-state index in [4.69, 9.17) is 0 Å². The number of alkyl halides is 3. The molecule has 0 bridgehead atoms. The lowest BCUT2D eigenvalue weighted by Gasteiger charge is -2.40. The van der Waals surface area contributed by atoms with Crippen molar-refractivity contribution < 1.29 is 18.4 Å². The summed E-state index contributed by atoms with van der Waals surface area (Å²) in [5.41, 5.74) is 0.287. The predicted molar refractivity (Wildman–Crippen MR) is 59.2 cm³/mol. The number of hydroxylamine groups is 1. The minimum atomic E-state index is -4.41. The molecule has 18 heavy (non-hydrogen) atoms. The zero-order chi connectivity index (χ0) is 13.4. The van der Waals surface area contributed by atoms with Gasteiger partial charge in [0.2, 0.25) is 6.54 Å². The summed E-state index contributed by atoms with van der Waals surface area (Å²) in [6.45, 7) is 0.425. The average Bonchev–Trinajstić information content (AvgIpc) is 2.57. The molecule has 1 aliphatic heterocycles. The highest BCUT2D eigenvalue weighted by molar-refractivity contribution is 5.42. The van der Waals surface area contributed by atoms with E-state index in [-0.39, 0.29) is 5.69 Å². The molecular formula is C11H13F3N3O+. The Bertz CT molecular complexity index is 435. The minimum Gasteiger partial charge on any atom is -0.258 e. The normalized spacial score (nSPS) is 27.8. The van der Waals surface area contributed by atoms with Gasteiger partial charge in [-0.3, -0.25) is 4.98 Å². The largest absolute Gasteiger partial charge is 0.441 e. The molecular weight excluding hydrogens is 247 g/mol. The Morgan fingerprint density at radius 3 is 2.67 bits per heavy atom. The van der Waals surface area contributed by atoms with Gasteiger partial charge in [0.1, 0.15) is 6.04 Å². The maximum atomic E-state index is 12.8. The maximum Gasteiger partial charge on any atom is 0.441 e. The van der Waals surface area contributed by atoms with Gasteiger partial charge in [0, 0.05) is 12.3 Å². The van der Waals surface area contributed by atoms with Crippen molar-refractivity contribution in [2.45, 2.75) is 19.1 Å². The van der Waals surface area contributed by atoms with Gasteiger partial charge >= 0.3 is 6.18 Å². The fourth-order valence-corrected chi connectivity index (χ4v) is 2.17. The van der Waals surface area contributed by atoms with Gasteiger partial charge in [-0.25, -0.2) is 5.21 Å². The summed E-state index contributed by atoms with van der Waals surface area (Å²) in [6.07, 6.45) is 1.17. The standard InChI is InChI=1S/C11H13F3N3O/c1-9-4-6-16(18)17(9,8-11(12,13)14)10-3-2-5-15-7-10/h2-7,9,18H,8H2,1H3/q+1. The van der Waals surface area contributed by atoms with Crippen LogP contribution < -0.4 is 4.59 Å². The van der Waals surface area contributed by atoms with E-state index in [0.29, 0.717) is 5.17 Å². The van der Waals surface area contributed by atoms with Gasteiger partial charge in [0.25, 0.3) is 0 Å². The van der Waals surface area contributed by atoms with Crippen molar-refractivity contribution in [3.63, 3.8) is 0 Å². The van der Waals surface area contributed by atoms with Crippen LogP contribution in [0.25, 0.3) is 0 Å². The Morgan fingerprint density at radius 1 is 1.50 bits per heavy atom. The Kier molecular flexibility index (Phi) is 3.04. The van der Waals surface area contributed by atoms with Crippen LogP contribution in [0, 0.1) is 0 Å². The monoisotopic (exact) mass is 260 g/mol. The fraction of sp³-hybridized carbons (Fsp3) is 0.364. The lowest BCUT2D eigenvalue weighted by molar-refractivity contribution is -0.243. The van der Waals surface area contributed by atoms with Gasteiger partial charge in [-0.2, -0.15) is 13.2 Å². The highest BCUT2D eigenvalue weighted by atomic mass is 19.4. The second-order valence-corrected chi connectivity index (χ2v) is 4.21. The molecule has 0 saturated carbocycles. The van der Waals surface area contributed by atoms with E-state index in [9.17, 15) is 18.4 Å². The van der Waals surface area contributed by atoms with E-state index >= 15 is 0 Å². The van der Waals surface area contributed by atoms with Crippen LogP contribution in [0.1, 0.15) is 6.92 Å². The molecule has 1 N–H and O–H groups in total. The molecule has 1 aliphatic rings. The summed E-state index contributed by atoms with van der Waals surface area (Å²) in [6, 6.07) is 2.54. The molecule has 2 unspecified atom stereocenters. The van der Waals surface area contributed by atoms with Gasteiger partial charge in [-0.1, -0.05) is 5.17 Å². The van der Waals surface area contributed by atoms with Crippen molar-refractivity contribution in [1.29, 1.82) is 0 Å². The van der Waals surface area contributed by atoms with Crippen molar-refractivity contribution >= 4 is 5.69 Å². The third-order valence-electron chi connectivity index (χ3n) is 3.05. The fourth-order valence-electron chi connectivity index (χ4n) is 2.17. The first-order chi connectivity index (χ1) is 8.36. The van der Waals surface area contributed by atoms with Crippen LogP contribution in [0.3, 0.4) is 0 Å². The number of pyridine rings is 1. The molecule has 1 aromatic rings. The highest BCUT2D eigenvalue weighted by Crippen LogP contribution is 2.36. The highest BCUT2D eigenvalue weighted by Gasteiger charge is 2.53. The van der Waals surface area contributed by atoms with Gasteiger partial charge in [-0.15, -0.1) is 4.59 Å². The van der Waals surface area contributed by atoms with Crippen molar-refractivity contribution in [3.05, 3.63) is 36.8 Å². The van der Waals surface area contributed by atoms with Crippen LogP contribution in [0.2, 0.25) is 0 Å². The number of rotatable bonds is 2. The van der Waals surface area contributed by atoms with Crippen molar-refractivity contribution in [1.82, 2.24) is 14.7 Å². The Morgan fingerprint density at radius 2 is 2.22 bits per heavy atom. The molecule has 0 radical (unpaired) electrons. The molecule has 0 amide bonds. The molecule has 0 spiro atoms. The number of aromatic nitrogens is 1. The maximum absolute atomic E-state index is 12.8. The predicted octanol–water partition coefficient (Wildman–Crippen LogP) is 2.47. The molecule has 98 valence electrons. The molecule has 1 aromatic heterocycles. The summed E-state index contributed by atoms with van der Waals surface area (Å²) >= 11 is 0. The first-order valence-electron chi connectivity index (χ1n) is 5.38. The molecule has 2 heterocycles. The molecule has 0 aromatic carbocycles. The molecule has 4 nitrogen and oxygen atoms in total. The molecule has 0 aliphatic carbocycles. The zero-order valence-corrected chi connectivity index (χ0v) is 9.67. The Labute approximate surface area is 102 Å². The summed E-state index contributed by atoms with van der Waals surface area (Å²) < 4.78 is 37.6. The Hall–Kier alpha value is -1.60. The van der Waals surface area contributed by atoms with Crippen LogP contribution in [-0.2, 0) is 0 Å². The van der Waals surface area contributed by atoms with Gasteiger partial charge in [-0.05, 0) is 19.1 Å². The lowest BCUT2D eigenvalue weighted by Crippen LogP contribution is -2.63. The topological polar surface area (TPSA) is 36.4 Å². The molecule has 2 rings (SSSR count). The second-order valence-electron chi connectivity index (χ2n) is 4.21. The van der Waals surface area contributed by atoms with E-state index in [2.05, 4.69) is 4.98 Å². The summed E-state index contributed by atoms with van der Waals surface area (Å²) in [5.74, 6) is 0.